The third kappa shape index (κ3) is 2.41. The Kier molecular flexibility index (Phi) is 3.23. The first-order valence-electron chi connectivity index (χ1n) is 6.47. The molecular weight excluding hydrogens is 266 g/mol. The van der Waals surface area contributed by atoms with Crippen LogP contribution >= 0.6 is 0 Å². The lowest BCUT2D eigenvalue weighted by molar-refractivity contribution is 0.0697. The average molecular weight is 279 g/mol. The van der Waals surface area contributed by atoms with E-state index in [0.29, 0.717) is 11.5 Å². The van der Waals surface area contributed by atoms with Crippen molar-refractivity contribution in [1.82, 2.24) is 14.8 Å². The molecule has 3 rings (SSSR count). The van der Waals surface area contributed by atoms with Gasteiger partial charge in [-0.25, -0.2) is 14.5 Å². The second-order valence-corrected chi connectivity index (χ2v) is 4.64. The minimum atomic E-state index is -1.00. The van der Waals surface area contributed by atoms with Gasteiger partial charge in [-0.2, -0.15) is 5.10 Å². The molecule has 0 spiro atoms. The molecule has 0 bridgehead atoms. The summed E-state index contributed by atoms with van der Waals surface area (Å²) in [7, 11) is 0. The fourth-order valence-corrected chi connectivity index (χ4v) is 2.17. The Bertz CT molecular complexity index is 794. The lowest BCUT2D eigenvalue weighted by Gasteiger charge is -2.03. The minimum Gasteiger partial charge on any atom is -0.478 e. The number of aryl methyl sites for hydroxylation is 1. The minimum absolute atomic E-state index is 0.162. The Morgan fingerprint density at radius 2 is 1.90 bits per heavy atom. The van der Waals surface area contributed by atoms with Gasteiger partial charge in [-0.3, -0.25) is 0 Å². The van der Waals surface area contributed by atoms with Gasteiger partial charge in [0.2, 0.25) is 0 Å². The van der Waals surface area contributed by atoms with E-state index >= 15 is 0 Å². The van der Waals surface area contributed by atoms with Gasteiger partial charge in [0.1, 0.15) is 11.3 Å². The third-order valence-electron chi connectivity index (χ3n) is 3.23. The molecule has 1 N–H and O–H groups in total. The van der Waals surface area contributed by atoms with E-state index in [1.165, 1.54) is 10.9 Å². The highest BCUT2D eigenvalue weighted by Crippen LogP contribution is 2.26. The van der Waals surface area contributed by atoms with E-state index in [2.05, 4.69) is 10.1 Å². The SMILES string of the molecule is Cc1ccccc1-c1nn(-c2ccccn2)cc1C(=O)O. The number of benzene rings is 1. The predicted molar refractivity (Wildman–Crippen MR) is 78.5 cm³/mol. The number of hydrogen-bond donors (Lipinski definition) is 1. The molecule has 5 nitrogen and oxygen atoms in total. The van der Waals surface area contributed by atoms with Crippen LogP contribution in [0.3, 0.4) is 0 Å². The number of carboxylic acids is 1. The van der Waals surface area contributed by atoms with Gasteiger partial charge in [0.05, 0.1) is 0 Å². The van der Waals surface area contributed by atoms with Crippen LogP contribution in [-0.4, -0.2) is 25.8 Å². The fourth-order valence-electron chi connectivity index (χ4n) is 2.17. The molecule has 0 aliphatic heterocycles. The van der Waals surface area contributed by atoms with E-state index in [9.17, 15) is 9.90 Å². The van der Waals surface area contributed by atoms with E-state index in [4.69, 9.17) is 0 Å². The van der Waals surface area contributed by atoms with Crippen molar-refractivity contribution in [2.75, 3.05) is 0 Å². The molecular formula is C16H13N3O2. The van der Waals surface area contributed by atoms with Crippen LogP contribution in [0.2, 0.25) is 0 Å². The van der Waals surface area contributed by atoms with E-state index in [1.807, 2.05) is 37.3 Å². The van der Waals surface area contributed by atoms with Crippen molar-refractivity contribution in [1.29, 1.82) is 0 Å². The molecule has 0 atom stereocenters. The van der Waals surface area contributed by atoms with Crippen LogP contribution in [0, 0.1) is 6.92 Å². The molecule has 2 heterocycles. The summed E-state index contributed by atoms with van der Waals surface area (Å²) < 4.78 is 1.49. The van der Waals surface area contributed by atoms with Gasteiger partial charge >= 0.3 is 5.97 Å². The fraction of sp³-hybridized carbons (Fsp3) is 0.0625. The first-order chi connectivity index (χ1) is 10.2. The summed E-state index contributed by atoms with van der Waals surface area (Å²) in [4.78, 5) is 15.7. The molecule has 2 aromatic heterocycles. The van der Waals surface area contributed by atoms with Crippen LogP contribution in [0.5, 0.6) is 0 Å². The summed E-state index contributed by atoms with van der Waals surface area (Å²) in [5.41, 5.74) is 2.40. The normalized spacial score (nSPS) is 10.5. The Balaban J connectivity index is 2.19. The van der Waals surface area contributed by atoms with Crippen LogP contribution < -0.4 is 0 Å². The number of carbonyl (C=O) groups is 1. The maximum atomic E-state index is 11.5. The molecule has 0 radical (unpaired) electrons. The lowest BCUT2D eigenvalue weighted by Crippen LogP contribution is -1.97. The summed E-state index contributed by atoms with van der Waals surface area (Å²) in [6, 6.07) is 13.0. The molecule has 0 amide bonds. The van der Waals surface area contributed by atoms with Gasteiger partial charge in [-0.15, -0.1) is 0 Å². The predicted octanol–water partition coefficient (Wildman–Crippen LogP) is 2.94. The summed E-state index contributed by atoms with van der Waals surface area (Å²) in [5.74, 6) is -0.421. The average Bonchev–Trinajstić information content (AvgIpc) is 2.94. The Hall–Kier alpha value is -2.95. The Morgan fingerprint density at radius 1 is 1.14 bits per heavy atom. The molecule has 1 aromatic carbocycles. The number of rotatable bonds is 3. The van der Waals surface area contributed by atoms with Crippen molar-refractivity contribution in [2.45, 2.75) is 6.92 Å². The standard InChI is InChI=1S/C16H13N3O2/c1-11-6-2-3-7-12(11)15-13(16(20)21)10-19(18-15)14-8-4-5-9-17-14/h2-10H,1H3,(H,20,21). The van der Waals surface area contributed by atoms with Crippen LogP contribution in [0.25, 0.3) is 17.1 Å². The molecule has 0 aliphatic carbocycles. The van der Waals surface area contributed by atoms with Crippen molar-refractivity contribution in [3.63, 3.8) is 0 Å². The zero-order valence-electron chi connectivity index (χ0n) is 11.4. The van der Waals surface area contributed by atoms with Crippen LogP contribution in [-0.2, 0) is 0 Å². The van der Waals surface area contributed by atoms with Gasteiger partial charge in [0.25, 0.3) is 0 Å². The molecule has 0 saturated heterocycles. The van der Waals surface area contributed by atoms with Gasteiger partial charge < -0.3 is 5.11 Å². The first kappa shape index (κ1) is 13.1. The monoisotopic (exact) mass is 279 g/mol. The number of carboxylic acid groups (broad SMARTS) is 1. The molecule has 0 aliphatic rings. The van der Waals surface area contributed by atoms with Gasteiger partial charge in [-0.1, -0.05) is 30.3 Å². The van der Waals surface area contributed by atoms with Gasteiger partial charge in [0, 0.05) is 18.0 Å². The van der Waals surface area contributed by atoms with Crippen molar-refractivity contribution in [3.8, 4) is 17.1 Å². The van der Waals surface area contributed by atoms with Crippen molar-refractivity contribution < 1.29 is 9.90 Å². The maximum Gasteiger partial charge on any atom is 0.339 e. The van der Waals surface area contributed by atoms with Crippen molar-refractivity contribution in [3.05, 3.63) is 66.0 Å². The summed E-state index contributed by atoms with van der Waals surface area (Å²) in [6.07, 6.45) is 3.14. The van der Waals surface area contributed by atoms with Crippen LogP contribution in [0.1, 0.15) is 15.9 Å². The van der Waals surface area contributed by atoms with Crippen molar-refractivity contribution >= 4 is 5.97 Å². The lowest BCUT2D eigenvalue weighted by atomic mass is 10.0. The zero-order chi connectivity index (χ0) is 14.8. The second kappa shape index (κ2) is 5.20. The molecule has 21 heavy (non-hydrogen) atoms. The molecule has 3 aromatic rings. The van der Waals surface area contributed by atoms with E-state index in [0.717, 1.165) is 11.1 Å². The first-order valence-corrected chi connectivity index (χ1v) is 6.47. The van der Waals surface area contributed by atoms with E-state index in [-0.39, 0.29) is 5.56 Å². The highest BCUT2D eigenvalue weighted by molar-refractivity contribution is 5.95. The quantitative estimate of drug-likeness (QED) is 0.800. The number of aromatic carboxylic acids is 1. The van der Waals surface area contributed by atoms with Crippen LogP contribution in [0.15, 0.2) is 54.9 Å². The van der Waals surface area contributed by atoms with Crippen LogP contribution in [0.4, 0.5) is 0 Å². The molecule has 0 fully saturated rings. The molecule has 5 heteroatoms. The highest BCUT2D eigenvalue weighted by Gasteiger charge is 2.19. The number of aromatic nitrogens is 3. The number of pyridine rings is 1. The topological polar surface area (TPSA) is 68.0 Å². The largest absolute Gasteiger partial charge is 0.478 e. The Labute approximate surface area is 121 Å². The smallest absolute Gasteiger partial charge is 0.339 e. The summed E-state index contributed by atoms with van der Waals surface area (Å²) >= 11 is 0. The summed E-state index contributed by atoms with van der Waals surface area (Å²) in [6.45, 7) is 1.93. The molecule has 104 valence electrons. The highest BCUT2D eigenvalue weighted by atomic mass is 16.4. The molecule has 0 saturated carbocycles. The van der Waals surface area contributed by atoms with Gasteiger partial charge in [-0.05, 0) is 24.6 Å². The maximum absolute atomic E-state index is 11.5. The summed E-state index contributed by atoms with van der Waals surface area (Å²) in [5, 5.41) is 13.8. The van der Waals surface area contributed by atoms with Crippen molar-refractivity contribution in [2.24, 2.45) is 0 Å². The number of nitrogens with zero attached hydrogens (tertiary/aromatic N) is 3. The third-order valence-corrected chi connectivity index (χ3v) is 3.23. The number of hydrogen-bond acceptors (Lipinski definition) is 3. The van der Waals surface area contributed by atoms with E-state index in [1.54, 1.807) is 18.3 Å². The molecule has 0 unspecified atom stereocenters. The Morgan fingerprint density at radius 3 is 2.57 bits per heavy atom. The van der Waals surface area contributed by atoms with E-state index < -0.39 is 5.97 Å². The second-order valence-electron chi connectivity index (χ2n) is 4.64. The zero-order valence-corrected chi connectivity index (χ0v) is 11.4. The van der Waals surface area contributed by atoms with Gasteiger partial charge in [0.15, 0.2) is 5.82 Å².